The summed E-state index contributed by atoms with van der Waals surface area (Å²) in [6.45, 7) is 6.99. The van der Waals surface area contributed by atoms with Crippen LogP contribution in [0.5, 0.6) is 0 Å². The Morgan fingerprint density at radius 2 is 1.95 bits per heavy atom. The van der Waals surface area contributed by atoms with Gasteiger partial charge in [-0.05, 0) is 25.0 Å². The number of hydrogen-bond acceptors (Lipinski definition) is 3. The second-order valence-corrected chi connectivity index (χ2v) is 6.57. The van der Waals surface area contributed by atoms with Crippen molar-refractivity contribution in [3.8, 4) is 0 Å². The molecule has 1 saturated heterocycles. The van der Waals surface area contributed by atoms with E-state index in [4.69, 9.17) is 0 Å². The van der Waals surface area contributed by atoms with Crippen molar-refractivity contribution in [1.82, 2.24) is 9.88 Å². The molecule has 1 aliphatic rings. The molecule has 5 nitrogen and oxygen atoms in total. The number of hydrogen-bond donors (Lipinski definition) is 1. The number of nitrogens with zero attached hydrogens (tertiary/aromatic N) is 2. The van der Waals surface area contributed by atoms with Gasteiger partial charge in [0.05, 0.1) is 5.92 Å². The first kappa shape index (κ1) is 15.5. The fourth-order valence-corrected chi connectivity index (χ4v) is 2.53. The van der Waals surface area contributed by atoms with Gasteiger partial charge in [-0.1, -0.05) is 20.8 Å². The summed E-state index contributed by atoms with van der Waals surface area (Å²) in [6.07, 6.45) is 4.99. The number of pyridine rings is 1. The fraction of sp³-hybridized carbons (Fsp3) is 0.562. The first-order chi connectivity index (χ1) is 9.88. The van der Waals surface area contributed by atoms with E-state index < -0.39 is 5.41 Å². The van der Waals surface area contributed by atoms with Crippen molar-refractivity contribution in [3.63, 3.8) is 0 Å². The van der Waals surface area contributed by atoms with E-state index in [1.165, 1.54) is 0 Å². The maximum atomic E-state index is 12.3. The average Bonchev–Trinajstić information content (AvgIpc) is 2.46. The number of carbonyl (C=O) groups is 2. The first-order valence-corrected chi connectivity index (χ1v) is 7.38. The van der Waals surface area contributed by atoms with Gasteiger partial charge in [0.1, 0.15) is 0 Å². The predicted molar refractivity (Wildman–Crippen MR) is 81.6 cm³/mol. The molecular formula is C16H23N3O2. The van der Waals surface area contributed by atoms with E-state index in [1.807, 2.05) is 25.7 Å². The summed E-state index contributed by atoms with van der Waals surface area (Å²) in [5, 5.41) is 2.89. The molecule has 0 aliphatic carbocycles. The van der Waals surface area contributed by atoms with Crippen molar-refractivity contribution in [1.29, 1.82) is 0 Å². The van der Waals surface area contributed by atoms with Crippen LogP contribution in [0.2, 0.25) is 0 Å². The third kappa shape index (κ3) is 4.03. The van der Waals surface area contributed by atoms with Gasteiger partial charge in [-0.3, -0.25) is 14.6 Å². The van der Waals surface area contributed by atoms with Gasteiger partial charge >= 0.3 is 0 Å². The number of piperidine rings is 1. The summed E-state index contributed by atoms with van der Waals surface area (Å²) in [5.74, 6) is -0.0465. The van der Waals surface area contributed by atoms with E-state index in [-0.39, 0.29) is 17.7 Å². The zero-order valence-electron chi connectivity index (χ0n) is 12.9. The summed E-state index contributed by atoms with van der Waals surface area (Å²) in [4.78, 5) is 30.4. The minimum Gasteiger partial charge on any atom is -0.341 e. The number of likely N-dealkylation sites (tertiary alicyclic amines) is 1. The van der Waals surface area contributed by atoms with Crippen molar-refractivity contribution < 1.29 is 9.59 Å². The number of anilines is 1. The van der Waals surface area contributed by atoms with Crippen molar-refractivity contribution in [3.05, 3.63) is 24.5 Å². The average molecular weight is 289 g/mol. The van der Waals surface area contributed by atoms with Gasteiger partial charge in [0, 0.05) is 36.6 Å². The van der Waals surface area contributed by atoms with Gasteiger partial charge in [0.2, 0.25) is 11.8 Å². The lowest BCUT2D eigenvalue weighted by molar-refractivity contribution is -0.142. The topological polar surface area (TPSA) is 62.3 Å². The van der Waals surface area contributed by atoms with E-state index in [9.17, 15) is 9.59 Å². The molecule has 1 aromatic rings. The standard InChI is InChI=1S/C16H23N3O2/c1-16(2,3)15(21)19-10-4-5-12(11-19)14(20)18-13-6-8-17-9-7-13/h6-9,12H,4-5,10-11H2,1-3H3,(H,17,18,20). The Hall–Kier alpha value is -1.91. The highest BCUT2D eigenvalue weighted by Gasteiger charge is 2.33. The zero-order valence-corrected chi connectivity index (χ0v) is 12.9. The third-order valence-electron chi connectivity index (χ3n) is 3.67. The van der Waals surface area contributed by atoms with Crippen molar-refractivity contribution >= 4 is 17.5 Å². The van der Waals surface area contributed by atoms with Crippen molar-refractivity contribution in [2.45, 2.75) is 33.6 Å². The third-order valence-corrected chi connectivity index (χ3v) is 3.67. The molecule has 0 spiro atoms. The molecular weight excluding hydrogens is 266 g/mol. The maximum Gasteiger partial charge on any atom is 0.229 e. The highest BCUT2D eigenvalue weighted by Crippen LogP contribution is 2.24. The second-order valence-electron chi connectivity index (χ2n) is 6.57. The summed E-state index contributed by atoms with van der Waals surface area (Å²) >= 11 is 0. The van der Waals surface area contributed by atoms with Crippen LogP contribution in [0.1, 0.15) is 33.6 Å². The Morgan fingerprint density at radius 3 is 2.57 bits per heavy atom. The van der Waals surface area contributed by atoms with Crippen LogP contribution in [-0.4, -0.2) is 34.8 Å². The molecule has 1 aromatic heterocycles. The minimum absolute atomic E-state index is 0.0207. The molecule has 21 heavy (non-hydrogen) atoms. The largest absolute Gasteiger partial charge is 0.341 e. The van der Waals surface area contributed by atoms with Gasteiger partial charge in [-0.15, -0.1) is 0 Å². The van der Waals surface area contributed by atoms with Crippen LogP contribution in [0.15, 0.2) is 24.5 Å². The molecule has 0 saturated carbocycles. The van der Waals surface area contributed by atoms with E-state index in [0.29, 0.717) is 6.54 Å². The molecule has 2 amide bonds. The summed E-state index contributed by atoms with van der Waals surface area (Å²) in [7, 11) is 0. The van der Waals surface area contributed by atoms with Crippen LogP contribution in [0.4, 0.5) is 5.69 Å². The Morgan fingerprint density at radius 1 is 1.29 bits per heavy atom. The SMILES string of the molecule is CC(C)(C)C(=O)N1CCCC(C(=O)Nc2ccncc2)C1. The Bertz CT molecular complexity index is 508. The first-order valence-electron chi connectivity index (χ1n) is 7.38. The zero-order chi connectivity index (χ0) is 15.5. The number of rotatable bonds is 2. The molecule has 114 valence electrons. The molecule has 0 aromatic carbocycles. The lowest BCUT2D eigenvalue weighted by atomic mass is 9.91. The molecule has 1 N–H and O–H groups in total. The van der Waals surface area contributed by atoms with Crippen molar-refractivity contribution in [2.75, 3.05) is 18.4 Å². The Balaban J connectivity index is 1.98. The van der Waals surface area contributed by atoms with Gasteiger partial charge in [0.25, 0.3) is 0 Å². The maximum absolute atomic E-state index is 12.3. The van der Waals surface area contributed by atoms with E-state index >= 15 is 0 Å². The van der Waals surface area contributed by atoms with E-state index in [1.54, 1.807) is 24.5 Å². The van der Waals surface area contributed by atoms with Crippen LogP contribution in [-0.2, 0) is 9.59 Å². The Labute approximate surface area is 125 Å². The molecule has 5 heteroatoms. The van der Waals surface area contributed by atoms with Crippen molar-refractivity contribution in [2.24, 2.45) is 11.3 Å². The molecule has 0 bridgehead atoms. The lowest BCUT2D eigenvalue weighted by Crippen LogP contribution is -2.47. The number of nitrogens with one attached hydrogen (secondary N) is 1. The highest BCUT2D eigenvalue weighted by molar-refractivity contribution is 5.93. The quantitative estimate of drug-likeness (QED) is 0.908. The molecule has 1 atom stereocenters. The predicted octanol–water partition coefficient (Wildman–Crippen LogP) is 2.30. The normalized spacial score (nSPS) is 19.2. The fourth-order valence-electron chi connectivity index (χ4n) is 2.53. The van der Waals surface area contributed by atoms with Gasteiger partial charge in [0.15, 0.2) is 0 Å². The molecule has 1 unspecified atom stereocenters. The van der Waals surface area contributed by atoms with Gasteiger partial charge in [-0.25, -0.2) is 0 Å². The van der Waals surface area contributed by atoms with Gasteiger partial charge in [-0.2, -0.15) is 0 Å². The molecule has 2 rings (SSSR count). The number of carbonyl (C=O) groups excluding carboxylic acids is 2. The second kappa shape index (κ2) is 6.24. The smallest absolute Gasteiger partial charge is 0.229 e. The summed E-state index contributed by atoms with van der Waals surface area (Å²) in [5.41, 5.74) is 0.345. The molecule has 2 heterocycles. The lowest BCUT2D eigenvalue weighted by Gasteiger charge is -2.35. The van der Waals surface area contributed by atoms with Crippen LogP contribution in [0, 0.1) is 11.3 Å². The summed E-state index contributed by atoms with van der Waals surface area (Å²) < 4.78 is 0. The number of amides is 2. The van der Waals surface area contributed by atoms with Crippen LogP contribution in [0.25, 0.3) is 0 Å². The number of aromatic nitrogens is 1. The molecule has 1 aliphatic heterocycles. The minimum atomic E-state index is -0.399. The molecule has 1 fully saturated rings. The van der Waals surface area contributed by atoms with Crippen LogP contribution < -0.4 is 5.32 Å². The summed E-state index contributed by atoms with van der Waals surface area (Å²) in [6, 6.07) is 3.53. The monoisotopic (exact) mass is 289 g/mol. The van der Waals surface area contributed by atoms with Crippen LogP contribution >= 0.6 is 0 Å². The van der Waals surface area contributed by atoms with E-state index in [0.717, 1.165) is 25.1 Å². The highest BCUT2D eigenvalue weighted by atomic mass is 16.2. The molecule has 0 radical (unpaired) electrons. The van der Waals surface area contributed by atoms with Crippen LogP contribution in [0.3, 0.4) is 0 Å². The Kier molecular flexibility index (Phi) is 4.60. The van der Waals surface area contributed by atoms with Gasteiger partial charge < -0.3 is 10.2 Å². The van der Waals surface area contributed by atoms with E-state index in [2.05, 4.69) is 10.3 Å².